The summed E-state index contributed by atoms with van der Waals surface area (Å²) in [4.78, 5) is 24.3. The molecule has 0 aromatic heterocycles. The summed E-state index contributed by atoms with van der Waals surface area (Å²) in [7, 11) is 0. The van der Waals surface area contributed by atoms with Gasteiger partial charge in [-0.05, 0) is 41.0 Å². The van der Waals surface area contributed by atoms with Crippen molar-refractivity contribution in [3.05, 3.63) is 77.6 Å². The highest BCUT2D eigenvalue weighted by atomic mass is 19.1. The number of unbranched alkanes of at least 4 members (excludes halogenated alkanes) is 8. The molecule has 6 nitrogen and oxygen atoms in total. The highest BCUT2D eigenvalue weighted by Gasteiger charge is 2.09. The van der Waals surface area contributed by atoms with Crippen LogP contribution in [0, 0.1) is 5.82 Å². The van der Waals surface area contributed by atoms with E-state index in [0.717, 1.165) is 35.6 Å². The second-order valence-corrected chi connectivity index (χ2v) is 9.76. The fraction of sp³-hybridized carbons (Fsp3) is 0.406. The number of hydrazone groups is 1. The van der Waals surface area contributed by atoms with E-state index in [1.807, 2.05) is 36.4 Å². The van der Waals surface area contributed by atoms with Gasteiger partial charge in [0.1, 0.15) is 18.2 Å². The largest absolute Gasteiger partial charge is 0.488 e. The lowest BCUT2D eigenvalue weighted by atomic mass is 10.0. The molecule has 0 saturated carbocycles. The van der Waals surface area contributed by atoms with E-state index >= 15 is 0 Å². The maximum absolute atomic E-state index is 13.2. The Morgan fingerprint density at radius 2 is 1.54 bits per heavy atom. The van der Waals surface area contributed by atoms with Crippen LogP contribution >= 0.6 is 0 Å². The Balaban J connectivity index is 1.44. The molecule has 0 spiro atoms. The van der Waals surface area contributed by atoms with E-state index < -0.39 is 5.91 Å². The van der Waals surface area contributed by atoms with E-state index in [1.165, 1.54) is 50.7 Å². The molecule has 2 N–H and O–H groups in total. The molecule has 0 bridgehead atoms. The number of fused-ring (bicyclic) bond motifs is 1. The standard InChI is InChI=1S/C32H40FN3O3/c1-2-3-4-5-6-7-8-9-10-15-31(37)34-23-32(38)36-35-22-29-28-14-12-11-13-26(28)18-21-30(29)39-24-25-16-19-27(33)20-17-25/h11-14,16-22H,2-10,15,23-24H2,1H3,(H,34,37)(H,36,38)/b35-22+. The third kappa shape index (κ3) is 10.9. The number of hydrogen-bond acceptors (Lipinski definition) is 4. The zero-order valence-electron chi connectivity index (χ0n) is 22.9. The fourth-order valence-electron chi connectivity index (χ4n) is 4.35. The molecular formula is C32H40FN3O3. The number of nitrogens with one attached hydrogen (secondary N) is 2. The van der Waals surface area contributed by atoms with Gasteiger partial charge in [0.15, 0.2) is 0 Å². The first-order valence-corrected chi connectivity index (χ1v) is 14.0. The van der Waals surface area contributed by atoms with Gasteiger partial charge >= 0.3 is 0 Å². The van der Waals surface area contributed by atoms with Gasteiger partial charge in [0.05, 0.1) is 12.8 Å². The van der Waals surface area contributed by atoms with Gasteiger partial charge in [-0.15, -0.1) is 0 Å². The molecule has 0 aliphatic rings. The molecule has 0 radical (unpaired) electrons. The predicted octanol–water partition coefficient (Wildman–Crippen LogP) is 7.05. The van der Waals surface area contributed by atoms with Crippen LogP contribution in [0.4, 0.5) is 4.39 Å². The first-order valence-electron chi connectivity index (χ1n) is 14.0. The quantitative estimate of drug-likeness (QED) is 0.111. The van der Waals surface area contributed by atoms with Gasteiger partial charge in [0.25, 0.3) is 5.91 Å². The first-order chi connectivity index (χ1) is 19.1. The number of hydrogen-bond donors (Lipinski definition) is 2. The lowest BCUT2D eigenvalue weighted by Gasteiger charge is -2.12. The second-order valence-electron chi connectivity index (χ2n) is 9.76. The molecule has 7 heteroatoms. The van der Waals surface area contributed by atoms with Gasteiger partial charge in [-0.25, -0.2) is 9.82 Å². The summed E-state index contributed by atoms with van der Waals surface area (Å²) in [6, 6.07) is 17.7. The maximum Gasteiger partial charge on any atom is 0.259 e. The summed E-state index contributed by atoms with van der Waals surface area (Å²) in [6.07, 6.45) is 12.7. The van der Waals surface area contributed by atoms with Crippen molar-refractivity contribution in [2.24, 2.45) is 5.10 Å². The van der Waals surface area contributed by atoms with E-state index in [-0.39, 0.29) is 24.9 Å². The van der Waals surface area contributed by atoms with Crippen molar-refractivity contribution in [3.8, 4) is 5.75 Å². The number of halogens is 1. The minimum absolute atomic E-state index is 0.123. The summed E-state index contributed by atoms with van der Waals surface area (Å²) in [6.45, 7) is 2.35. The molecule has 0 fully saturated rings. The minimum atomic E-state index is -0.402. The van der Waals surface area contributed by atoms with Crippen molar-refractivity contribution >= 4 is 28.8 Å². The van der Waals surface area contributed by atoms with Crippen molar-refractivity contribution < 1.29 is 18.7 Å². The first kappa shape index (κ1) is 29.8. The van der Waals surface area contributed by atoms with Gasteiger partial charge in [0.2, 0.25) is 5.91 Å². The van der Waals surface area contributed by atoms with Crippen LogP contribution in [0.15, 0.2) is 65.8 Å². The summed E-state index contributed by atoms with van der Waals surface area (Å²) in [5.41, 5.74) is 4.03. The molecule has 208 valence electrons. The van der Waals surface area contributed by atoms with E-state index in [2.05, 4.69) is 22.8 Å². The normalized spacial score (nSPS) is 11.1. The van der Waals surface area contributed by atoms with Crippen molar-refractivity contribution in [1.82, 2.24) is 10.7 Å². The van der Waals surface area contributed by atoms with Crippen LogP contribution in [0.2, 0.25) is 0 Å². The average Bonchev–Trinajstić information content (AvgIpc) is 2.95. The number of rotatable bonds is 17. The molecule has 0 aliphatic carbocycles. The second kappa shape index (κ2) is 17.0. The van der Waals surface area contributed by atoms with Crippen molar-refractivity contribution in [2.45, 2.75) is 77.7 Å². The Labute approximate surface area is 231 Å². The molecule has 39 heavy (non-hydrogen) atoms. The van der Waals surface area contributed by atoms with E-state index in [1.54, 1.807) is 18.3 Å². The van der Waals surface area contributed by atoms with Crippen LogP contribution in [0.25, 0.3) is 10.8 Å². The van der Waals surface area contributed by atoms with Gasteiger partial charge in [-0.2, -0.15) is 5.10 Å². The third-order valence-electron chi connectivity index (χ3n) is 6.57. The average molecular weight is 534 g/mol. The maximum atomic E-state index is 13.2. The van der Waals surface area contributed by atoms with Crippen molar-refractivity contribution in [1.29, 1.82) is 0 Å². The van der Waals surface area contributed by atoms with E-state index in [9.17, 15) is 14.0 Å². The smallest absolute Gasteiger partial charge is 0.259 e. The molecule has 0 unspecified atom stereocenters. The Kier molecular flexibility index (Phi) is 13.0. The Morgan fingerprint density at radius 1 is 0.846 bits per heavy atom. The van der Waals surface area contributed by atoms with Gasteiger partial charge in [-0.1, -0.05) is 101 Å². The van der Waals surface area contributed by atoms with Crippen LogP contribution in [0.1, 0.15) is 82.3 Å². The van der Waals surface area contributed by atoms with Gasteiger partial charge in [0, 0.05) is 12.0 Å². The summed E-state index contributed by atoms with van der Waals surface area (Å²) in [5.74, 6) is -0.235. The number of carbonyl (C=O) groups is 2. The van der Waals surface area contributed by atoms with Crippen LogP contribution in [0.3, 0.4) is 0 Å². The van der Waals surface area contributed by atoms with E-state index in [4.69, 9.17) is 4.74 Å². The molecule has 0 heterocycles. The molecule has 3 rings (SSSR count). The Morgan fingerprint density at radius 3 is 2.28 bits per heavy atom. The summed E-state index contributed by atoms with van der Waals surface area (Å²) < 4.78 is 19.2. The Bertz CT molecular complexity index is 1210. The lowest BCUT2D eigenvalue weighted by Crippen LogP contribution is -2.34. The molecular weight excluding hydrogens is 493 g/mol. The number of carbonyl (C=O) groups excluding carboxylic acids is 2. The minimum Gasteiger partial charge on any atom is -0.488 e. The molecule has 3 aromatic rings. The van der Waals surface area contributed by atoms with Crippen LogP contribution in [0.5, 0.6) is 5.75 Å². The number of ether oxygens (including phenoxy) is 1. The number of benzene rings is 3. The molecule has 0 atom stereocenters. The van der Waals surface area contributed by atoms with Crippen molar-refractivity contribution in [2.75, 3.05) is 6.54 Å². The molecule has 2 amide bonds. The summed E-state index contributed by atoms with van der Waals surface area (Å²) >= 11 is 0. The monoisotopic (exact) mass is 533 g/mol. The van der Waals surface area contributed by atoms with Crippen LogP contribution in [-0.2, 0) is 16.2 Å². The highest BCUT2D eigenvalue weighted by molar-refractivity contribution is 6.02. The zero-order chi connectivity index (χ0) is 27.7. The summed E-state index contributed by atoms with van der Waals surface area (Å²) in [5, 5.41) is 8.70. The zero-order valence-corrected chi connectivity index (χ0v) is 22.9. The Hall–Kier alpha value is -3.74. The molecule has 0 saturated heterocycles. The van der Waals surface area contributed by atoms with E-state index in [0.29, 0.717) is 17.7 Å². The highest BCUT2D eigenvalue weighted by Crippen LogP contribution is 2.27. The molecule has 0 aliphatic heterocycles. The third-order valence-corrected chi connectivity index (χ3v) is 6.57. The van der Waals surface area contributed by atoms with Crippen LogP contribution in [-0.4, -0.2) is 24.6 Å². The predicted molar refractivity (Wildman–Crippen MR) is 155 cm³/mol. The SMILES string of the molecule is CCCCCCCCCCCC(=O)NCC(=O)N/N=C/c1c(OCc2ccc(F)cc2)ccc2ccccc12. The number of nitrogens with zero attached hydrogens (tertiary/aromatic N) is 1. The fourth-order valence-corrected chi connectivity index (χ4v) is 4.35. The topological polar surface area (TPSA) is 79.8 Å². The van der Waals surface area contributed by atoms with Gasteiger partial charge in [-0.3, -0.25) is 9.59 Å². The van der Waals surface area contributed by atoms with Crippen molar-refractivity contribution in [3.63, 3.8) is 0 Å². The molecule has 3 aromatic carbocycles. The number of amides is 2. The lowest BCUT2D eigenvalue weighted by molar-refractivity contribution is -0.126. The van der Waals surface area contributed by atoms with Crippen LogP contribution < -0.4 is 15.5 Å². The van der Waals surface area contributed by atoms with Gasteiger partial charge < -0.3 is 10.1 Å².